The lowest BCUT2D eigenvalue weighted by molar-refractivity contribution is -0.262. The molecule has 0 aromatic heterocycles. The van der Waals surface area contributed by atoms with Crippen molar-refractivity contribution in [1.82, 2.24) is 0 Å². The number of hydrogen-bond acceptors (Lipinski definition) is 4. The van der Waals surface area contributed by atoms with Gasteiger partial charge in [0.15, 0.2) is 0 Å². The Hall–Kier alpha value is -0.610. The van der Waals surface area contributed by atoms with Gasteiger partial charge in [-0.1, -0.05) is 20.8 Å². The van der Waals surface area contributed by atoms with Crippen molar-refractivity contribution in [2.24, 2.45) is 17.8 Å². The summed E-state index contributed by atoms with van der Waals surface area (Å²) in [6.07, 6.45) is 3.72. The van der Waals surface area contributed by atoms with Crippen molar-refractivity contribution < 1.29 is 19.7 Å². The highest BCUT2D eigenvalue weighted by Crippen LogP contribution is 2.60. The highest BCUT2D eigenvalue weighted by molar-refractivity contribution is 5.73. The van der Waals surface area contributed by atoms with Crippen LogP contribution in [-0.2, 0) is 9.53 Å². The monoisotopic (exact) mass is 282 g/mol. The molecule has 0 aromatic carbocycles. The smallest absolute Gasteiger partial charge is 0.309 e. The Bertz CT molecular complexity index is 412. The molecule has 0 heterocycles. The maximum atomic E-state index is 12.3. The minimum atomic E-state index is -0.838. The molecule has 4 saturated carbocycles. The fraction of sp³-hybridized carbons (Fsp3) is 0.938. The molecule has 4 aliphatic carbocycles. The molecule has 3 atom stereocenters. The van der Waals surface area contributed by atoms with Crippen LogP contribution in [0.3, 0.4) is 0 Å². The third kappa shape index (κ3) is 2.27. The number of carbonyl (C=O) groups is 1. The summed E-state index contributed by atoms with van der Waals surface area (Å²) in [6.45, 7) is 5.90. The second-order valence-electron chi connectivity index (χ2n) is 8.09. The third-order valence-electron chi connectivity index (χ3n) is 5.65. The van der Waals surface area contributed by atoms with E-state index >= 15 is 0 Å². The third-order valence-corrected chi connectivity index (χ3v) is 5.65. The quantitative estimate of drug-likeness (QED) is 0.777. The van der Waals surface area contributed by atoms with Crippen LogP contribution in [0.5, 0.6) is 0 Å². The first-order valence-corrected chi connectivity index (χ1v) is 7.82. The summed E-state index contributed by atoms with van der Waals surface area (Å²) in [7, 11) is 0. The molecular formula is C16H26O4. The van der Waals surface area contributed by atoms with Gasteiger partial charge in [-0.05, 0) is 31.1 Å². The summed E-state index contributed by atoms with van der Waals surface area (Å²) in [5, 5.41) is 21.3. The number of aliphatic hydroxyl groups is 2. The van der Waals surface area contributed by atoms with E-state index in [-0.39, 0.29) is 23.7 Å². The van der Waals surface area contributed by atoms with Crippen molar-refractivity contribution in [2.75, 3.05) is 0 Å². The molecule has 4 heteroatoms. The summed E-state index contributed by atoms with van der Waals surface area (Å²) in [6, 6.07) is 0. The van der Waals surface area contributed by atoms with Gasteiger partial charge in [0.05, 0.1) is 17.1 Å². The van der Waals surface area contributed by atoms with Gasteiger partial charge < -0.3 is 14.9 Å². The summed E-state index contributed by atoms with van der Waals surface area (Å²) in [5.41, 5.74) is -2.31. The van der Waals surface area contributed by atoms with Crippen LogP contribution in [0.4, 0.5) is 0 Å². The van der Waals surface area contributed by atoms with Crippen LogP contribution in [0.25, 0.3) is 0 Å². The number of rotatable bonds is 3. The molecule has 0 saturated heterocycles. The maximum Gasteiger partial charge on any atom is 0.309 e. The lowest BCUT2D eigenvalue weighted by atomic mass is 9.50. The largest absolute Gasteiger partial charge is 0.459 e. The van der Waals surface area contributed by atoms with Crippen LogP contribution in [0, 0.1) is 17.8 Å². The van der Waals surface area contributed by atoms with Crippen LogP contribution < -0.4 is 0 Å². The van der Waals surface area contributed by atoms with E-state index in [0.717, 1.165) is 19.3 Å². The van der Waals surface area contributed by atoms with E-state index in [2.05, 4.69) is 0 Å². The van der Waals surface area contributed by atoms with Gasteiger partial charge in [0, 0.05) is 19.3 Å². The zero-order valence-corrected chi connectivity index (χ0v) is 12.7. The van der Waals surface area contributed by atoms with Gasteiger partial charge in [-0.25, -0.2) is 0 Å². The Morgan fingerprint density at radius 3 is 2.05 bits per heavy atom. The number of carbonyl (C=O) groups excluding carboxylic acids is 1. The van der Waals surface area contributed by atoms with Gasteiger partial charge >= 0.3 is 5.97 Å². The van der Waals surface area contributed by atoms with Crippen LogP contribution in [0.15, 0.2) is 0 Å². The van der Waals surface area contributed by atoms with Crippen molar-refractivity contribution >= 4 is 5.97 Å². The van der Waals surface area contributed by atoms with Crippen molar-refractivity contribution in [3.05, 3.63) is 0 Å². The summed E-state index contributed by atoms with van der Waals surface area (Å²) in [4.78, 5) is 12.3. The topological polar surface area (TPSA) is 66.8 Å². The first kappa shape index (κ1) is 14.3. The van der Waals surface area contributed by atoms with Crippen LogP contribution in [0.2, 0.25) is 0 Å². The average Bonchev–Trinajstić information content (AvgIpc) is 2.21. The van der Waals surface area contributed by atoms with Crippen molar-refractivity contribution in [3.8, 4) is 0 Å². The van der Waals surface area contributed by atoms with Gasteiger partial charge in [-0.15, -0.1) is 0 Å². The Kier molecular flexibility index (Phi) is 3.01. The fourth-order valence-electron chi connectivity index (χ4n) is 4.94. The molecule has 0 amide bonds. The standard InChI is InChI=1S/C16H26O4/c1-10(2)11(3)13(17)20-16-6-12-4-14(18,8-16)7-15(19,5-12)9-16/h10-12,18-19H,4-9H2,1-3H3. The molecule has 0 aromatic rings. The minimum Gasteiger partial charge on any atom is -0.459 e. The molecule has 3 unspecified atom stereocenters. The molecule has 4 nitrogen and oxygen atoms in total. The first-order valence-electron chi connectivity index (χ1n) is 7.82. The van der Waals surface area contributed by atoms with E-state index in [1.807, 2.05) is 20.8 Å². The second kappa shape index (κ2) is 4.20. The van der Waals surface area contributed by atoms with E-state index in [1.54, 1.807) is 0 Å². The van der Waals surface area contributed by atoms with Gasteiger partial charge in [0.1, 0.15) is 5.60 Å². The molecule has 4 fully saturated rings. The Morgan fingerprint density at radius 1 is 1.05 bits per heavy atom. The molecular weight excluding hydrogens is 256 g/mol. The lowest BCUT2D eigenvalue weighted by Gasteiger charge is -2.62. The second-order valence-corrected chi connectivity index (χ2v) is 8.09. The first-order chi connectivity index (χ1) is 9.14. The van der Waals surface area contributed by atoms with Crippen LogP contribution in [-0.4, -0.2) is 33.0 Å². The number of hydrogen-bond donors (Lipinski definition) is 2. The van der Waals surface area contributed by atoms with E-state index < -0.39 is 16.8 Å². The lowest BCUT2D eigenvalue weighted by Crippen LogP contribution is -2.67. The predicted molar refractivity (Wildman–Crippen MR) is 73.9 cm³/mol. The molecule has 0 spiro atoms. The minimum absolute atomic E-state index is 0.146. The Labute approximate surface area is 120 Å². The molecule has 20 heavy (non-hydrogen) atoms. The van der Waals surface area contributed by atoms with Gasteiger partial charge in [0.25, 0.3) is 0 Å². The maximum absolute atomic E-state index is 12.3. The molecule has 0 aliphatic heterocycles. The Balaban J connectivity index is 1.81. The Morgan fingerprint density at radius 2 is 1.60 bits per heavy atom. The molecule has 4 aliphatic rings. The van der Waals surface area contributed by atoms with Gasteiger partial charge in [0.2, 0.25) is 0 Å². The fourth-order valence-corrected chi connectivity index (χ4v) is 4.94. The van der Waals surface area contributed by atoms with Gasteiger partial charge in [-0.3, -0.25) is 4.79 Å². The van der Waals surface area contributed by atoms with E-state index in [4.69, 9.17) is 4.74 Å². The summed E-state index contributed by atoms with van der Waals surface area (Å²) in [5.74, 6) is 0.187. The number of ether oxygens (including phenoxy) is 1. The summed E-state index contributed by atoms with van der Waals surface area (Å²) >= 11 is 0. The van der Waals surface area contributed by atoms with E-state index in [9.17, 15) is 15.0 Å². The van der Waals surface area contributed by atoms with Gasteiger partial charge in [-0.2, -0.15) is 0 Å². The molecule has 2 N–H and O–H groups in total. The highest BCUT2D eigenvalue weighted by atomic mass is 16.6. The van der Waals surface area contributed by atoms with Crippen molar-refractivity contribution in [3.63, 3.8) is 0 Å². The normalized spacial score (nSPS) is 47.6. The van der Waals surface area contributed by atoms with Crippen LogP contribution >= 0.6 is 0 Å². The molecule has 0 radical (unpaired) electrons. The van der Waals surface area contributed by atoms with Crippen molar-refractivity contribution in [1.29, 1.82) is 0 Å². The van der Waals surface area contributed by atoms with Crippen LogP contribution in [0.1, 0.15) is 59.3 Å². The average molecular weight is 282 g/mol. The molecule has 114 valence electrons. The predicted octanol–water partition coefficient (Wildman–Crippen LogP) is 2.02. The van der Waals surface area contributed by atoms with E-state index in [1.165, 1.54) is 0 Å². The zero-order valence-electron chi connectivity index (χ0n) is 12.7. The summed E-state index contributed by atoms with van der Waals surface area (Å²) < 4.78 is 5.85. The highest BCUT2D eigenvalue weighted by Gasteiger charge is 2.64. The van der Waals surface area contributed by atoms with Crippen molar-refractivity contribution in [2.45, 2.75) is 76.1 Å². The molecule has 4 rings (SSSR count). The SMILES string of the molecule is CC(C)C(C)C(=O)OC12CC3CC(O)(CC(O)(C3)C1)C2. The number of esters is 1. The molecule has 4 bridgehead atoms. The van der Waals surface area contributed by atoms with E-state index in [0.29, 0.717) is 19.3 Å². The zero-order chi connectivity index (χ0) is 14.8.